The normalized spacial score (nSPS) is 9.92. The highest BCUT2D eigenvalue weighted by atomic mass is 15.1. The zero-order valence-electron chi connectivity index (χ0n) is 7.15. The van der Waals surface area contributed by atoms with Gasteiger partial charge in [-0.2, -0.15) is 0 Å². The number of nitrogens with one attached hydrogen (secondary N) is 1. The number of nitrogens with zero attached hydrogens (tertiary/aromatic N) is 3. The predicted octanol–water partition coefficient (Wildman–Crippen LogP) is 3.42. The van der Waals surface area contributed by atoms with Gasteiger partial charge in [-0.25, -0.2) is 0 Å². The molecule has 0 fully saturated rings. The first-order valence-corrected chi connectivity index (χ1v) is 3.94. The lowest BCUT2D eigenvalue weighted by Crippen LogP contribution is -1.69. The molecule has 4 nitrogen and oxygen atoms in total. The van der Waals surface area contributed by atoms with Crippen molar-refractivity contribution in [1.29, 1.82) is 0 Å². The van der Waals surface area contributed by atoms with Crippen LogP contribution in [0.4, 0.5) is 5.69 Å². The Hall–Kier alpha value is -1.93. The molecule has 0 atom stereocenters. The Balaban J connectivity index is 2.84. The third-order valence-electron chi connectivity index (χ3n) is 2.05. The first-order chi connectivity index (χ1) is 6.33. The van der Waals surface area contributed by atoms with Crippen LogP contribution in [0.25, 0.3) is 21.3 Å². The molecule has 0 unspecified atom stereocenters. The lowest BCUT2D eigenvalue weighted by atomic mass is 10.2. The lowest BCUT2D eigenvalue weighted by Gasteiger charge is -1.94. The van der Waals surface area contributed by atoms with Crippen LogP contribution in [0.15, 0.2) is 29.5 Å². The van der Waals surface area contributed by atoms with Crippen molar-refractivity contribution in [1.82, 2.24) is 4.98 Å². The number of H-pyrrole nitrogens is 1. The van der Waals surface area contributed by atoms with E-state index in [1.54, 1.807) is 6.07 Å². The van der Waals surface area contributed by atoms with Crippen molar-refractivity contribution in [3.63, 3.8) is 0 Å². The maximum Gasteiger partial charge on any atom is 0.0616 e. The number of fused-ring (bicyclic) bond motifs is 1. The van der Waals surface area contributed by atoms with Crippen LogP contribution >= 0.6 is 0 Å². The highest BCUT2D eigenvalue weighted by molar-refractivity contribution is 5.91. The standard InChI is InChI=1S/C9H8N4/c1-6-5-11-9-7(6)3-2-4-8(9)12-13-10/h2-5,11H,1H3. The Kier molecular flexibility index (Phi) is 1.69. The minimum atomic E-state index is 0.646. The molecule has 0 aliphatic heterocycles. The van der Waals surface area contributed by atoms with E-state index in [2.05, 4.69) is 15.0 Å². The fraction of sp³-hybridized carbons (Fsp3) is 0.111. The van der Waals surface area contributed by atoms with Crippen LogP contribution in [0.1, 0.15) is 5.56 Å². The van der Waals surface area contributed by atoms with E-state index in [9.17, 15) is 0 Å². The highest BCUT2D eigenvalue weighted by Gasteiger charge is 2.01. The number of benzene rings is 1. The molecule has 2 aromatic rings. The second-order valence-corrected chi connectivity index (χ2v) is 2.86. The molecule has 2 rings (SSSR count). The smallest absolute Gasteiger partial charge is 0.0616 e. The fourth-order valence-corrected chi connectivity index (χ4v) is 1.41. The first kappa shape index (κ1) is 7.71. The van der Waals surface area contributed by atoms with Gasteiger partial charge in [0.15, 0.2) is 0 Å². The van der Waals surface area contributed by atoms with E-state index in [1.165, 1.54) is 0 Å². The average molecular weight is 172 g/mol. The molecule has 0 spiro atoms. The molecular formula is C9H8N4. The van der Waals surface area contributed by atoms with E-state index >= 15 is 0 Å². The summed E-state index contributed by atoms with van der Waals surface area (Å²) in [5, 5.41) is 4.70. The molecule has 1 heterocycles. The summed E-state index contributed by atoms with van der Waals surface area (Å²) in [5.41, 5.74) is 11.0. The molecule has 0 saturated heterocycles. The predicted molar refractivity (Wildman–Crippen MR) is 51.8 cm³/mol. The van der Waals surface area contributed by atoms with Crippen molar-refractivity contribution in [2.45, 2.75) is 6.92 Å². The highest BCUT2D eigenvalue weighted by Crippen LogP contribution is 2.26. The summed E-state index contributed by atoms with van der Waals surface area (Å²) in [6.45, 7) is 2.01. The lowest BCUT2D eigenvalue weighted by molar-refractivity contribution is 1.41. The third kappa shape index (κ3) is 1.13. The van der Waals surface area contributed by atoms with Crippen LogP contribution in [-0.2, 0) is 0 Å². The van der Waals surface area contributed by atoms with Crippen LogP contribution in [0.2, 0.25) is 0 Å². The Bertz CT molecular complexity index is 491. The summed E-state index contributed by atoms with van der Waals surface area (Å²) in [6.07, 6.45) is 1.90. The van der Waals surface area contributed by atoms with E-state index in [4.69, 9.17) is 5.53 Å². The molecule has 0 bridgehead atoms. The Morgan fingerprint density at radius 2 is 2.31 bits per heavy atom. The van der Waals surface area contributed by atoms with Gasteiger partial charge in [0.1, 0.15) is 0 Å². The van der Waals surface area contributed by atoms with Crippen molar-refractivity contribution in [2.75, 3.05) is 0 Å². The van der Waals surface area contributed by atoms with E-state index in [0.717, 1.165) is 16.5 Å². The molecule has 64 valence electrons. The summed E-state index contributed by atoms with van der Waals surface area (Å²) in [7, 11) is 0. The van der Waals surface area contributed by atoms with Gasteiger partial charge in [-0.3, -0.25) is 0 Å². The van der Waals surface area contributed by atoms with Gasteiger partial charge in [-0.05, 0) is 18.0 Å². The summed E-state index contributed by atoms with van der Waals surface area (Å²) in [5.74, 6) is 0. The molecular weight excluding hydrogens is 164 g/mol. The maximum absolute atomic E-state index is 8.33. The van der Waals surface area contributed by atoms with Gasteiger partial charge in [-0.1, -0.05) is 23.3 Å². The Morgan fingerprint density at radius 1 is 1.46 bits per heavy atom. The van der Waals surface area contributed by atoms with Crippen LogP contribution in [-0.4, -0.2) is 4.98 Å². The Morgan fingerprint density at radius 3 is 3.08 bits per heavy atom. The molecule has 13 heavy (non-hydrogen) atoms. The minimum Gasteiger partial charge on any atom is -0.361 e. The molecule has 1 aromatic carbocycles. The molecule has 0 amide bonds. The summed E-state index contributed by atoms with van der Waals surface area (Å²) >= 11 is 0. The van der Waals surface area contributed by atoms with Crippen LogP contribution < -0.4 is 0 Å². The van der Waals surface area contributed by atoms with Gasteiger partial charge >= 0.3 is 0 Å². The maximum atomic E-state index is 8.33. The summed E-state index contributed by atoms with van der Waals surface area (Å²) in [6, 6.07) is 5.67. The number of hydrogen-bond acceptors (Lipinski definition) is 1. The number of aromatic nitrogens is 1. The van der Waals surface area contributed by atoms with E-state index < -0.39 is 0 Å². The molecule has 1 N–H and O–H groups in total. The topological polar surface area (TPSA) is 64.5 Å². The van der Waals surface area contributed by atoms with Crippen LogP contribution in [0.3, 0.4) is 0 Å². The van der Waals surface area contributed by atoms with Crippen molar-refractivity contribution in [2.24, 2.45) is 5.11 Å². The zero-order valence-corrected chi connectivity index (χ0v) is 7.15. The molecule has 0 aliphatic carbocycles. The number of rotatable bonds is 1. The van der Waals surface area contributed by atoms with Gasteiger partial charge in [0, 0.05) is 16.5 Å². The zero-order chi connectivity index (χ0) is 9.26. The second-order valence-electron chi connectivity index (χ2n) is 2.86. The number of para-hydroxylation sites is 1. The number of hydrogen-bond donors (Lipinski definition) is 1. The monoisotopic (exact) mass is 172 g/mol. The Labute approximate surface area is 74.8 Å². The molecule has 4 heteroatoms. The molecule has 0 aliphatic rings. The van der Waals surface area contributed by atoms with Crippen molar-refractivity contribution in [3.05, 3.63) is 40.4 Å². The first-order valence-electron chi connectivity index (χ1n) is 3.94. The van der Waals surface area contributed by atoms with Crippen molar-refractivity contribution >= 4 is 16.6 Å². The van der Waals surface area contributed by atoms with E-state index in [1.807, 2.05) is 25.3 Å². The largest absolute Gasteiger partial charge is 0.361 e. The van der Waals surface area contributed by atoms with Gasteiger partial charge in [0.2, 0.25) is 0 Å². The SMILES string of the molecule is Cc1c[nH]c2c(N=[N+]=[N-])cccc12. The summed E-state index contributed by atoms with van der Waals surface area (Å²) < 4.78 is 0. The fourth-order valence-electron chi connectivity index (χ4n) is 1.41. The quantitative estimate of drug-likeness (QED) is 0.389. The van der Waals surface area contributed by atoms with Gasteiger partial charge in [0.25, 0.3) is 0 Å². The number of aryl methyl sites for hydroxylation is 1. The van der Waals surface area contributed by atoms with Gasteiger partial charge in [0.05, 0.1) is 11.2 Å². The average Bonchev–Trinajstić information content (AvgIpc) is 2.50. The van der Waals surface area contributed by atoms with Gasteiger partial charge < -0.3 is 4.98 Å². The van der Waals surface area contributed by atoms with Gasteiger partial charge in [-0.15, -0.1) is 0 Å². The second kappa shape index (κ2) is 2.84. The van der Waals surface area contributed by atoms with Crippen LogP contribution in [0, 0.1) is 6.92 Å². The van der Waals surface area contributed by atoms with Crippen LogP contribution in [0.5, 0.6) is 0 Å². The molecule has 0 saturated carbocycles. The summed E-state index contributed by atoms with van der Waals surface area (Å²) in [4.78, 5) is 5.85. The van der Waals surface area contributed by atoms with E-state index in [0.29, 0.717) is 5.69 Å². The van der Waals surface area contributed by atoms with Crippen molar-refractivity contribution in [3.8, 4) is 0 Å². The molecule has 1 aromatic heterocycles. The van der Waals surface area contributed by atoms with E-state index in [-0.39, 0.29) is 0 Å². The number of aromatic amines is 1. The molecule has 0 radical (unpaired) electrons. The minimum absolute atomic E-state index is 0.646. The van der Waals surface area contributed by atoms with Crippen molar-refractivity contribution < 1.29 is 0 Å². The number of azide groups is 1. The third-order valence-corrected chi connectivity index (χ3v) is 2.05.